The topological polar surface area (TPSA) is 243 Å². The summed E-state index contributed by atoms with van der Waals surface area (Å²) in [6.45, 7) is 20.8. The molecule has 12 atom stereocenters. The van der Waals surface area contributed by atoms with Crippen LogP contribution in [0.2, 0.25) is 0 Å². The van der Waals surface area contributed by atoms with Crippen molar-refractivity contribution in [1.29, 1.82) is 0 Å². The van der Waals surface area contributed by atoms with Crippen molar-refractivity contribution in [1.82, 2.24) is 15.5 Å². The van der Waals surface area contributed by atoms with Crippen molar-refractivity contribution >= 4 is 59.2 Å². The van der Waals surface area contributed by atoms with E-state index in [2.05, 4.69) is 45.3 Å². The Morgan fingerprint density at radius 3 is 1.11 bits per heavy atom. The van der Waals surface area contributed by atoms with Crippen molar-refractivity contribution in [2.75, 3.05) is 45.2 Å². The van der Waals surface area contributed by atoms with Crippen LogP contribution in [0.1, 0.15) is 491 Å². The molecule has 0 aromatic heterocycles. The molecule has 2 aliphatic rings. The average molecular weight is 1770 g/mol. The highest BCUT2D eigenvalue weighted by atomic mass is 16.6. The van der Waals surface area contributed by atoms with Crippen molar-refractivity contribution in [3.8, 4) is 0 Å². The Balaban J connectivity index is 2.29. The largest absolute Gasteiger partial charge is 0.481 e. The van der Waals surface area contributed by atoms with Crippen molar-refractivity contribution in [3.05, 3.63) is 29.8 Å². The van der Waals surface area contributed by atoms with E-state index in [1.54, 1.807) is 19.1 Å². The number of amides is 4. The number of anilines is 1. The van der Waals surface area contributed by atoms with Gasteiger partial charge in [0.05, 0.1) is 53.9 Å². The quantitative estimate of drug-likeness (QED) is 0.0205. The van der Waals surface area contributed by atoms with E-state index < -0.39 is 113 Å². The van der Waals surface area contributed by atoms with Crippen LogP contribution in [0.3, 0.4) is 0 Å². The maximum absolute atomic E-state index is 16.3. The van der Waals surface area contributed by atoms with E-state index in [9.17, 15) is 29.4 Å². The van der Waals surface area contributed by atoms with Gasteiger partial charge in [-0.2, -0.15) is 0 Å². The number of imide groups is 1. The fourth-order valence-corrected chi connectivity index (χ4v) is 20.5. The summed E-state index contributed by atoms with van der Waals surface area (Å²) < 4.78 is 11.5. The zero-order valence-corrected chi connectivity index (χ0v) is 83.3. The second-order valence-electron chi connectivity index (χ2n) is 40.8. The first-order valence-electron chi connectivity index (χ1n) is 53.5. The summed E-state index contributed by atoms with van der Waals surface area (Å²) in [5.74, 6) is -17.5. The lowest BCUT2D eigenvalue weighted by atomic mass is 9.66. The van der Waals surface area contributed by atoms with Gasteiger partial charge in [-0.3, -0.25) is 48.1 Å². The number of aliphatic carboxylic acids is 2. The number of carbonyl (C=O) groups is 9. The van der Waals surface area contributed by atoms with E-state index >= 15 is 24.0 Å². The van der Waals surface area contributed by atoms with Crippen molar-refractivity contribution in [3.63, 3.8) is 0 Å². The smallest absolute Gasteiger partial charge is 0.317 e. The maximum atomic E-state index is 16.3. The van der Waals surface area contributed by atoms with E-state index in [1.165, 1.54) is 230 Å². The van der Waals surface area contributed by atoms with Gasteiger partial charge in [0.1, 0.15) is 6.61 Å². The predicted molar refractivity (Wildman–Crippen MR) is 521 cm³/mol. The molecular formula is C109H194N4O13. The summed E-state index contributed by atoms with van der Waals surface area (Å²) in [4.78, 5) is 138. The van der Waals surface area contributed by atoms with Crippen molar-refractivity contribution < 1.29 is 62.8 Å². The van der Waals surface area contributed by atoms with Gasteiger partial charge >= 0.3 is 29.8 Å². The minimum Gasteiger partial charge on any atom is -0.481 e. The highest BCUT2D eigenvalue weighted by Gasteiger charge is 2.55. The van der Waals surface area contributed by atoms with E-state index in [1.807, 2.05) is 58.8 Å². The summed E-state index contributed by atoms with van der Waals surface area (Å²) in [6, 6.07) is 7.22. The molecule has 4 amide bonds. The molecule has 2 aliphatic heterocycles. The molecule has 0 saturated carbocycles. The molecule has 12 unspecified atom stereocenters. The van der Waals surface area contributed by atoms with E-state index in [4.69, 9.17) is 9.47 Å². The molecule has 0 radical (unpaired) electrons. The number of benzene rings is 1. The van der Waals surface area contributed by atoms with Gasteiger partial charge in [-0.1, -0.05) is 435 Å². The Bertz CT molecular complexity index is 2990. The van der Waals surface area contributed by atoms with Crippen LogP contribution < -0.4 is 15.5 Å². The second-order valence-corrected chi connectivity index (χ2v) is 40.8. The van der Waals surface area contributed by atoms with Gasteiger partial charge in [0.15, 0.2) is 0 Å². The molecule has 728 valence electrons. The molecule has 1 aromatic rings. The van der Waals surface area contributed by atoms with Crippen LogP contribution in [0.5, 0.6) is 0 Å². The Kier molecular flexibility index (Phi) is 66.7. The lowest BCUT2D eigenvalue weighted by Crippen LogP contribution is -2.45. The molecular weight excluding hydrogens is 1570 g/mol. The number of likely N-dealkylation sites (tertiary alicyclic amines) is 1. The molecule has 17 nitrogen and oxygen atoms in total. The van der Waals surface area contributed by atoms with Gasteiger partial charge in [0.25, 0.3) is 5.91 Å². The van der Waals surface area contributed by atoms with Gasteiger partial charge in [-0.15, -0.1) is 0 Å². The molecule has 0 spiro atoms. The number of esters is 3. The first-order chi connectivity index (χ1) is 60.9. The number of hydrogen-bond acceptors (Lipinski definition) is 12. The zero-order chi connectivity index (χ0) is 92.3. The summed E-state index contributed by atoms with van der Waals surface area (Å²) in [7, 11) is 3.86. The number of nitrogens with one attached hydrogen (secondary N) is 2. The Morgan fingerprint density at radius 1 is 0.421 bits per heavy atom. The fourth-order valence-electron chi connectivity index (χ4n) is 20.5. The second kappa shape index (κ2) is 73.2. The van der Waals surface area contributed by atoms with Crippen LogP contribution in [0, 0.1) is 82.9 Å². The molecule has 1 aromatic carbocycles. The van der Waals surface area contributed by atoms with Gasteiger partial charge < -0.3 is 35.2 Å². The number of carbonyl (C=O) groups excluding carboxylic acids is 7. The minimum atomic E-state index is -1.36. The lowest BCUT2D eigenvalue weighted by Gasteiger charge is -2.37. The van der Waals surface area contributed by atoms with E-state index in [-0.39, 0.29) is 75.6 Å². The molecule has 2 saturated heterocycles. The van der Waals surface area contributed by atoms with E-state index in [0.29, 0.717) is 44.1 Å². The van der Waals surface area contributed by atoms with Crippen LogP contribution in [-0.2, 0) is 47.8 Å². The predicted octanol–water partition coefficient (Wildman–Crippen LogP) is 28.6. The normalized spacial score (nSPS) is 17.4. The Hall–Kier alpha value is -5.35. The van der Waals surface area contributed by atoms with Gasteiger partial charge in [0.2, 0.25) is 17.7 Å². The maximum Gasteiger partial charge on any atom is 0.317 e. The highest BCUT2D eigenvalue weighted by Crippen LogP contribution is 2.48. The first-order valence-corrected chi connectivity index (χ1v) is 53.5. The van der Waals surface area contributed by atoms with Gasteiger partial charge in [-0.25, -0.2) is 0 Å². The number of carboxylic acids is 2. The Morgan fingerprint density at radius 2 is 0.770 bits per heavy atom. The van der Waals surface area contributed by atoms with Crippen LogP contribution in [0.4, 0.5) is 5.69 Å². The molecule has 0 aliphatic carbocycles. The summed E-state index contributed by atoms with van der Waals surface area (Å²) in [5.41, 5.74) is 1.38. The zero-order valence-electron chi connectivity index (χ0n) is 83.3. The van der Waals surface area contributed by atoms with Crippen molar-refractivity contribution in [2.24, 2.45) is 82.9 Å². The number of unbranched alkanes of at least 4 members (excludes halogenated alkanes) is 52. The molecule has 2 fully saturated rings. The molecule has 3 rings (SSSR count). The number of nitrogens with zero attached hydrogens (tertiary/aromatic N) is 2. The Labute approximate surface area is 771 Å². The van der Waals surface area contributed by atoms with Gasteiger partial charge in [0, 0.05) is 38.4 Å². The van der Waals surface area contributed by atoms with Crippen molar-refractivity contribution in [2.45, 2.75) is 480 Å². The molecule has 2 heterocycles. The standard InChI is InChI=1S/C109H194N4O13/c1-13-17-21-25-29-33-37-41-45-49-53-57-61-65-69-87(9)79-97(108(123)125-78-77-110-101(114)89-73-75-93(76-74-89)112(11)12)100(106(120)121)92(72-68-64-60-56-52-48-44-40-36-32-28-24-20-16-4)82-96-98(104(117)113(103(96)116)84-86(7)8)90(70-66-62-58-54-50-46-42-38-34-30-26-22-18-14-2)81-95(102(115)111-83-85(5)6)99(105(118)119)91(80-94-88(10)107(122)126-109(94)124)71-67-63-59-55-51-47-43-39-35-31-27-23-19-15-3/h73-76,85-88,90-92,94-100H,13-72,77-84H2,1-12H3,(H,110,114)(H,111,115)(H,118,119)(H,120,121). The number of ether oxygens (including phenoxy) is 2. The van der Waals surface area contributed by atoms with Crippen LogP contribution >= 0.6 is 0 Å². The minimum absolute atomic E-state index is 0.0108. The summed E-state index contributed by atoms with van der Waals surface area (Å²) >= 11 is 0. The summed E-state index contributed by atoms with van der Waals surface area (Å²) in [6.07, 6.45) is 66.5. The third-order valence-electron chi connectivity index (χ3n) is 28.3. The lowest BCUT2D eigenvalue weighted by molar-refractivity contribution is -0.161. The highest BCUT2D eigenvalue weighted by molar-refractivity contribution is 6.05. The van der Waals surface area contributed by atoms with Crippen LogP contribution in [0.15, 0.2) is 24.3 Å². The summed E-state index contributed by atoms with van der Waals surface area (Å²) in [5, 5.41) is 30.4. The molecule has 4 N–H and O–H groups in total. The number of rotatable bonds is 86. The van der Waals surface area contributed by atoms with Crippen LogP contribution in [0.25, 0.3) is 0 Å². The fraction of sp³-hybridized carbons (Fsp3) is 0.862. The number of cyclic esters (lactones) is 2. The number of hydrogen-bond donors (Lipinski definition) is 4. The SMILES string of the molecule is CCCCCCCCCCCCCCCCC(C)CC(C(=O)OCCNC(=O)c1ccc(N(C)C)cc1)C(C(=O)O)C(CCCCCCCCCCCCCCCC)CC1C(=O)N(CC(C)C)C(=O)C1C(CCCCCCCCCCCCCCCC)CC(C(=O)NCC(C)C)C(C(=O)O)C(CCCCCCCCCCCCCCCC)CC1C(=O)OC(=O)C1C. The third kappa shape index (κ3) is 50.3. The van der Waals surface area contributed by atoms with E-state index in [0.717, 1.165) is 128 Å². The van der Waals surface area contributed by atoms with Gasteiger partial charge in [-0.05, 0) is 105 Å². The third-order valence-corrected chi connectivity index (χ3v) is 28.3. The first kappa shape index (κ1) is 115. The average Bonchev–Trinajstić information content (AvgIpc) is 1.61. The monoisotopic (exact) mass is 1770 g/mol. The van der Waals surface area contributed by atoms with Crippen LogP contribution in [-0.4, -0.2) is 109 Å². The molecule has 126 heavy (non-hydrogen) atoms. The molecule has 17 heteroatoms. The number of carboxylic acid groups (broad SMARTS) is 2. The molecule has 0 bridgehead atoms.